The molecular formula is C34H45N5O3. The van der Waals surface area contributed by atoms with Crippen molar-refractivity contribution in [2.45, 2.75) is 70.4 Å². The number of carbonyl (C=O) groups is 1. The van der Waals surface area contributed by atoms with Crippen molar-refractivity contribution >= 4 is 17.8 Å². The first-order chi connectivity index (χ1) is 20.2. The molecule has 4 aliphatic rings. The molecule has 1 aromatic carbocycles. The average Bonchev–Trinajstić information content (AvgIpc) is 3.39. The lowest BCUT2D eigenvalue weighted by Gasteiger charge is -2.47. The van der Waals surface area contributed by atoms with Gasteiger partial charge in [-0.25, -0.2) is 0 Å². The molecule has 2 aliphatic heterocycles. The molecule has 1 N–H and O–H groups in total. The predicted molar refractivity (Wildman–Crippen MR) is 166 cm³/mol. The van der Waals surface area contributed by atoms with Gasteiger partial charge in [-0.3, -0.25) is 4.79 Å². The van der Waals surface area contributed by atoms with Crippen LogP contribution in [0.15, 0.2) is 42.7 Å². The molecule has 224 valence electrons. The first-order valence-electron chi connectivity index (χ1n) is 15.6. The lowest BCUT2D eigenvalue weighted by Crippen LogP contribution is -2.54. The number of ether oxygens (including phenoxy) is 1. The minimum absolute atomic E-state index is 0.0225. The molecular weight excluding hydrogens is 526 g/mol. The van der Waals surface area contributed by atoms with Crippen LogP contribution in [-0.4, -0.2) is 82.7 Å². The van der Waals surface area contributed by atoms with Gasteiger partial charge in [0.2, 0.25) is 5.91 Å². The summed E-state index contributed by atoms with van der Waals surface area (Å²) in [5.41, 5.74) is 4.45. The van der Waals surface area contributed by atoms with E-state index in [2.05, 4.69) is 62.4 Å². The lowest BCUT2D eigenvalue weighted by molar-refractivity contribution is -0.126. The Labute approximate surface area is 250 Å². The van der Waals surface area contributed by atoms with Crippen molar-refractivity contribution in [2.24, 2.45) is 11.8 Å². The van der Waals surface area contributed by atoms with Gasteiger partial charge in [0.1, 0.15) is 12.4 Å². The largest absolute Gasteiger partial charge is 0.512 e. The maximum Gasteiger partial charge on any atom is 0.318 e. The Bertz CT molecular complexity index is 1390. The normalized spacial score (nSPS) is 29.5. The summed E-state index contributed by atoms with van der Waals surface area (Å²) in [6, 6.07) is 9.42. The van der Waals surface area contributed by atoms with Gasteiger partial charge in [-0.1, -0.05) is 44.7 Å². The molecule has 0 saturated carbocycles. The number of rotatable bonds is 6. The van der Waals surface area contributed by atoms with Gasteiger partial charge in [0, 0.05) is 49.1 Å². The average molecular weight is 572 g/mol. The predicted octanol–water partition coefficient (Wildman–Crippen LogP) is 4.78. The fourth-order valence-corrected chi connectivity index (χ4v) is 8.04. The second kappa shape index (κ2) is 11.4. The van der Waals surface area contributed by atoms with Crippen molar-refractivity contribution in [3.05, 3.63) is 65.1 Å². The van der Waals surface area contributed by atoms with E-state index in [-0.39, 0.29) is 23.3 Å². The highest BCUT2D eigenvalue weighted by atomic mass is 16.5. The smallest absolute Gasteiger partial charge is 0.318 e. The van der Waals surface area contributed by atoms with Crippen LogP contribution in [-0.2, 0) is 23.1 Å². The fourth-order valence-electron chi connectivity index (χ4n) is 8.04. The Morgan fingerprint density at radius 1 is 1.19 bits per heavy atom. The number of likely N-dealkylation sites (tertiary alicyclic amines) is 1. The molecule has 1 amide bonds. The van der Waals surface area contributed by atoms with Crippen molar-refractivity contribution in [3.8, 4) is 6.01 Å². The summed E-state index contributed by atoms with van der Waals surface area (Å²) in [4.78, 5) is 29.1. The Hall–Kier alpha value is -3.39. The number of hydrogen-bond donors (Lipinski definition) is 1. The van der Waals surface area contributed by atoms with E-state index in [0.29, 0.717) is 56.4 Å². The summed E-state index contributed by atoms with van der Waals surface area (Å²) in [5, 5.41) is 10.8. The molecule has 3 heterocycles. The van der Waals surface area contributed by atoms with E-state index in [1.165, 1.54) is 23.6 Å². The number of piperazine rings is 1. The molecule has 42 heavy (non-hydrogen) atoms. The number of nitrogens with zero attached hydrogens (tertiary/aromatic N) is 5. The van der Waals surface area contributed by atoms with Crippen molar-refractivity contribution in [1.82, 2.24) is 19.8 Å². The number of allylic oxidation sites excluding steroid dienone is 1. The number of benzene rings is 1. The second-order valence-electron chi connectivity index (χ2n) is 13.2. The van der Waals surface area contributed by atoms with E-state index < -0.39 is 0 Å². The van der Waals surface area contributed by atoms with Gasteiger partial charge in [-0.15, -0.1) is 0 Å². The molecule has 1 aromatic heterocycles. The zero-order chi connectivity index (χ0) is 29.6. The number of amides is 1. The monoisotopic (exact) mass is 571 g/mol. The Morgan fingerprint density at radius 3 is 2.74 bits per heavy atom. The summed E-state index contributed by atoms with van der Waals surface area (Å²) in [7, 11) is 2.16. The van der Waals surface area contributed by atoms with Crippen molar-refractivity contribution in [2.75, 3.05) is 44.7 Å². The van der Waals surface area contributed by atoms with Crippen LogP contribution in [0.25, 0.3) is 6.08 Å². The fraction of sp³-hybridized carbons (Fsp3) is 0.559. The van der Waals surface area contributed by atoms with Gasteiger partial charge in [-0.05, 0) is 81.3 Å². The maximum absolute atomic E-state index is 12.4. The van der Waals surface area contributed by atoms with Gasteiger partial charge in [0.15, 0.2) is 0 Å². The van der Waals surface area contributed by atoms with Crippen LogP contribution >= 0.6 is 0 Å². The van der Waals surface area contributed by atoms with E-state index in [1.807, 2.05) is 17.0 Å². The Morgan fingerprint density at radius 2 is 2.00 bits per heavy atom. The first-order valence-corrected chi connectivity index (χ1v) is 15.6. The van der Waals surface area contributed by atoms with Crippen LogP contribution in [0.4, 0.5) is 5.82 Å². The number of fused-ring (bicyclic) bond motifs is 2. The third kappa shape index (κ3) is 5.19. The molecule has 8 nitrogen and oxygen atoms in total. The minimum Gasteiger partial charge on any atom is -0.512 e. The molecule has 0 bridgehead atoms. The molecule has 1 unspecified atom stereocenters. The topological polar surface area (TPSA) is 82.0 Å². The number of anilines is 1. The molecule has 5 atom stereocenters. The standard InChI is InChI=1S/C34H45N5O3/c1-6-31(41)38-14-15-39(23(3)20-38)32-27-16-22(2)29(34(4)19-26(40)17-24-10-7-8-12-28(24)34)18-30(27)35-33(36-32)42-21-25-11-9-13-37(25)5/h6-8,10,12,17,22-23,25,29,40H,1,9,11,13-16,18-21H2,2-5H3/t22-,23+,25+,29-,34?/m1/s1. The van der Waals surface area contributed by atoms with E-state index in [0.717, 1.165) is 42.9 Å². The van der Waals surface area contributed by atoms with E-state index in [1.54, 1.807) is 0 Å². The summed E-state index contributed by atoms with van der Waals surface area (Å²) >= 11 is 0. The molecule has 0 radical (unpaired) electrons. The molecule has 8 heteroatoms. The van der Waals surface area contributed by atoms with Crippen LogP contribution in [0.5, 0.6) is 6.01 Å². The number of aliphatic hydroxyl groups is 1. The summed E-state index contributed by atoms with van der Waals surface area (Å²) < 4.78 is 6.36. The summed E-state index contributed by atoms with van der Waals surface area (Å²) in [5.74, 6) is 2.03. The highest BCUT2D eigenvalue weighted by Crippen LogP contribution is 2.50. The third-order valence-electron chi connectivity index (χ3n) is 10.4. The number of aliphatic hydroxyl groups excluding tert-OH is 1. The van der Waals surface area contributed by atoms with Gasteiger partial charge < -0.3 is 24.5 Å². The molecule has 2 aromatic rings. The molecule has 2 aliphatic carbocycles. The number of likely N-dealkylation sites (N-methyl/N-ethyl adjacent to an activating group) is 1. The molecule has 0 spiro atoms. The van der Waals surface area contributed by atoms with Crippen LogP contribution in [0.3, 0.4) is 0 Å². The van der Waals surface area contributed by atoms with Crippen LogP contribution in [0.1, 0.15) is 62.4 Å². The number of carbonyl (C=O) groups excluding carboxylic acids is 1. The molecule has 6 rings (SSSR count). The quantitative estimate of drug-likeness (QED) is 0.500. The summed E-state index contributed by atoms with van der Waals surface area (Å²) in [6.07, 6.45) is 7.92. The Kier molecular flexibility index (Phi) is 7.77. The van der Waals surface area contributed by atoms with Crippen LogP contribution in [0, 0.1) is 11.8 Å². The molecule has 2 fully saturated rings. The van der Waals surface area contributed by atoms with Crippen LogP contribution in [0.2, 0.25) is 0 Å². The maximum atomic E-state index is 12.4. The first kappa shape index (κ1) is 28.7. The summed E-state index contributed by atoms with van der Waals surface area (Å²) in [6.45, 7) is 14.1. The van der Waals surface area contributed by atoms with Crippen molar-refractivity contribution in [3.63, 3.8) is 0 Å². The number of hydrogen-bond acceptors (Lipinski definition) is 7. The lowest BCUT2D eigenvalue weighted by atomic mass is 9.58. The zero-order valence-electron chi connectivity index (χ0n) is 25.6. The SMILES string of the molecule is C=CC(=O)N1CCN(c2nc(OC[C@@H]3CCCN3C)nc3c2C[C@@H](C)[C@H](C2(C)CC(O)=Cc4ccccc42)C3)[C@@H](C)C1. The minimum atomic E-state index is -0.213. The van der Waals surface area contributed by atoms with Crippen molar-refractivity contribution in [1.29, 1.82) is 0 Å². The van der Waals surface area contributed by atoms with Crippen molar-refractivity contribution < 1.29 is 14.6 Å². The third-order valence-corrected chi connectivity index (χ3v) is 10.4. The Balaban J connectivity index is 1.35. The highest BCUT2D eigenvalue weighted by Gasteiger charge is 2.46. The van der Waals surface area contributed by atoms with E-state index in [4.69, 9.17) is 14.7 Å². The van der Waals surface area contributed by atoms with Gasteiger partial charge in [0.05, 0.1) is 11.5 Å². The van der Waals surface area contributed by atoms with Gasteiger partial charge in [-0.2, -0.15) is 9.97 Å². The zero-order valence-corrected chi connectivity index (χ0v) is 25.6. The van der Waals surface area contributed by atoms with Gasteiger partial charge >= 0.3 is 6.01 Å². The van der Waals surface area contributed by atoms with Gasteiger partial charge in [0.25, 0.3) is 0 Å². The second-order valence-corrected chi connectivity index (χ2v) is 13.2. The highest BCUT2D eigenvalue weighted by molar-refractivity contribution is 5.87. The number of aromatic nitrogens is 2. The molecule has 2 saturated heterocycles. The van der Waals surface area contributed by atoms with Crippen LogP contribution < -0.4 is 9.64 Å². The van der Waals surface area contributed by atoms with E-state index >= 15 is 0 Å². The van der Waals surface area contributed by atoms with E-state index in [9.17, 15) is 9.90 Å².